The molecule has 1 N–H and O–H groups in total. The fraction of sp³-hybridized carbons (Fsp3) is 0.538. The molecule has 1 rings (SSSR count). The van der Waals surface area contributed by atoms with Gasteiger partial charge in [-0.15, -0.1) is 11.6 Å². The van der Waals surface area contributed by atoms with Crippen molar-refractivity contribution in [3.63, 3.8) is 0 Å². The Balaban J connectivity index is 2.57. The van der Waals surface area contributed by atoms with Crippen LogP contribution < -0.4 is 10.1 Å². The molecule has 1 aromatic carbocycles. The molecule has 0 amide bonds. The van der Waals surface area contributed by atoms with Crippen LogP contribution in [0.4, 0.5) is 4.39 Å². The van der Waals surface area contributed by atoms with Crippen molar-refractivity contribution in [2.45, 2.75) is 26.4 Å². The lowest BCUT2D eigenvalue weighted by Crippen LogP contribution is -2.32. The third-order valence-electron chi connectivity index (χ3n) is 2.97. The molecule has 1 aromatic rings. The summed E-state index contributed by atoms with van der Waals surface area (Å²) in [6.45, 7) is 4.61. The number of hydrogen-bond donors (Lipinski definition) is 1. The lowest BCUT2D eigenvalue weighted by molar-refractivity contribution is 0.407. The van der Waals surface area contributed by atoms with Crippen LogP contribution >= 0.6 is 11.6 Å². The molecule has 0 bridgehead atoms. The first-order chi connectivity index (χ1) is 8.08. The Hall–Kier alpha value is -0.800. The summed E-state index contributed by atoms with van der Waals surface area (Å²) in [5.41, 5.74) is 0.638. The minimum Gasteiger partial charge on any atom is -0.497 e. The standard InChI is InChI=1S/C13H19ClFNO/c1-9(7-14)10(2)16-8-11-4-5-12(17-3)6-13(11)15/h4-6,9-10,16H,7-8H2,1-3H3. The van der Waals surface area contributed by atoms with Gasteiger partial charge < -0.3 is 10.1 Å². The molecule has 2 atom stereocenters. The van der Waals surface area contributed by atoms with Gasteiger partial charge in [0.05, 0.1) is 7.11 Å². The molecule has 17 heavy (non-hydrogen) atoms. The second-order valence-electron chi connectivity index (χ2n) is 4.26. The molecule has 0 saturated carbocycles. The average Bonchev–Trinajstić information content (AvgIpc) is 2.35. The normalized spacial score (nSPS) is 14.4. The van der Waals surface area contributed by atoms with Gasteiger partial charge in [0.1, 0.15) is 11.6 Å². The van der Waals surface area contributed by atoms with E-state index in [0.717, 1.165) is 0 Å². The molecule has 0 aliphatic carbocycles. The number of methoxy groups -OCH3 is 1. The third-order valence-corrected chi connectivity index (χ3v) is 3.46. The van der Waals surface area contributed by atoms with E-state index in [2.05, 4.69) is 19.2 Å². The van der Waals surface area contributed by atoms with Crippen molar-refractivity contribution < 1.29 is 9.13 Å². The van der Waals surface area contributed by atoms with Crippen molar-refractivity contribution in [2.75, 3.05) is 13.0 Å². The average molecular weight is 260 g/mol. The van der Waals surface area contributed by atoms with Crippen molar-refractivity contribution in [1.82, 2.24) is 5.32 Å². The molecule has 2 unspecified atom stereocenters. The number of rotatable bonds is 6. The Kier molecular flexibility index (Phi) is 5.72. The van der Waals surface area contributed by atoms with Gasteiger partial charge >= 0.3 is 0 Å². The maximum Gasteiger partial charge on any atom is 0.131 e. The first-order valence-corrected chi connectivity index (χ1v) is 6.23. The van der Waals surface area contributed by atoms with E-state index in [1.165, 1.54) is 13.2 Å². The summed E-state index contributed by atoms with van der Waals surface area (Å²) in [5.74, 6) is 1.24. The minimum absolute atomic E-state index is 0.248. The summed E-state index contributed by atoms with van der Waals surface area (Å²) < 4.78 is 18.6. The molecule has 2 nitrogen and oxygen atoms in total. The first-order valence-electron chi connectivity index (χ1n) is 5.70. The van der Waals surface area contributed by atoms with Gasteiger partial charge in [0.25, 0.3) is 0 Å². The van der Waals surface area contributed by atoms with Gasteiger partial charge in [0, 0.05) is 30.1 Å². The highest BCUT2D eigenvalue weighted by Crippen LogP contribution is 2.16. The second-order valence-corrected chi connectivity index (χ2v) is 4.57. The fourth-order valence-corrected chi connectivity index (χ4v) is 1.67. The predicted octanol–water partition coefficient (Wildman–Crippen LogP) is 3.19. The number of halogens is 2. The van der Waals surface area contributed by atoms with Crippen LogP contribution in [-0.4, -0.2) is 19.0 Å². The summed E-state index contributed by atoms with van der Waals surface area (Å²) in [6, 6.07) is 5.15. The molecular weight excluding hydrogens is 241 g/mol. The molecule has 0 radical (unpaired) electrons. The van der Waals surface area contributed by atoms with E-state index in [1.54, 1.807) is 12.1 Å². The molecule has 0 aliphatic heterocycles. The van der Waals surface area contributed by atoms with Crippen LogP contribution in [0.2, 0.25) is 0 Å². The van der Waals surface area contributed by atoms with Crippen LogP contribution in [0.5, 0.6) is 5.75 Å². The Morgan fingerprint density at radius 1 is 1.41 bits per heavy atom. The quantitative estimate of drug-likeness (QED) is 0.793. The van der Waals surface area contributed by atoms with E-state index in [9.17, 15) is 4.39 Å². The summed E-state index contributed by atoms with van der Waals surface area (Å²) in [5, 5.41) is 3.26. The first kappa shape index (κ1) is 14.3. The largest absolute Gasteiger partial charge is 0.497 e. The number of nitrogens with one attached hydrogen (secondary N) is 1. The Labute approximate surface area is 107 Å². The summed E-state index contributed by atoms with van der Waals surface area (Å²) in [4.78, 5) is 0. The SMILES string of the molecule is COc1ccc(CNC(C)C(C)CCl)c(F)c1. The maximum absolute atomic E-state index is 13.6. The summed E-state index contributed by atoms with van der Waals surface area (Å²) >= 11 is 5.77. The van der Waals surface area contributed by atoms with Gasteiger partial charge in [-0.05, 0) is 18.9 Å². The highest BCUT2D eigenvalue weighted by molar-refractivity contribution is 6.18. The van der Waals surface area contributed by atoms with Crippen molar-refractivity contribution in [3.8, 4) is 5.75 Å². The van der Waals surface area contributed by atoms with Crippen LogP contribution in [0, 0.1) is 11.7 Å². The van der Waals surface area contributed by atoms with E-state index in [1.807, 2.05) is 0 Å². The maximum atomic E-state index is 13.6. The van der Waals surface area contributed by atoms with Crippen molar-refractivity contribution in [3.05, 3.63) is 29.6 Å². The molecule has 0 heterocycles. The molecule has 0 saturated heterocycles. The molecule has 0 fully saturated rings. The Bertz CT molecular complexity index is 359. The zero-order chi connectivity index (χ0) is 12.8. The van der Waals surface area contributed by atoms with Crippen LogP contribution in [0.3, 0.4) is 0 Å². The number of ether oxygens (including phenoxy) is 1. The van der Waals surface area contributed by atoms with Gasteiger partial charge in [0.2, 0.25) is 0 Å². The van der Waals surface area contributed by atoms with Gasteiger partial charge in [-0.3, -0.25) is 0 Å². The minimum atomic E-state index is -0.248. The summed E-state index contributed by atoms with van der Waals surface area (Å²) in [6.07, 6.45) is 0. The van der Waals surface area contributed by atoms with Gasteiger partial charge in [-0.25, -0.2) is 4.39 Å². The second kappa shape index (κ2) is 6.82. The van der Waals surface area contributed by atoms with Crippen LogP contribution in [0.25, 0.3) is 0 Å². The highest BCUT2D eigenvalue weighted by Gasteiger charge is 2.11. The monoisotopic (exact) mass is 259 g/mol. The number of alkyl halides is 1. The van der Waals surface area contributed by atoms with E-state index in [-0.39, 0.29) is 11.9 Å². The molecule has 96 valence electrons. The van der Waals surface area contributed by atoms with Crippen LogP contribution in [0.1, 0.15) is 19.4 Å². The number of benzene rings is 1. The molecule has 4 heteroatoms. The van der Waals surface area contributed by atoms with E-state index >= 15 is 0 Å². The van der Waals surface area contributed by atoms with E-state index in [0.29, 0.717) is 29.7 Å². The van der Waals surface area contributed by atoms with Crippen molar-refractivity contribution in [1.29, 1.82) is 0 Å². The Morgan fingerprint density at radius 3 is 2.65 bits per heavy atom. The van der Waals surface area contributed by atoms with Gasteiger partial charge in [-0.2, -0.15) is 0 Å². The topological polar surface area (TPSA) is 21.3 Å². The van der Waals surface area contributed by atoms with Crippen LogP contribution in [0.15, 0.2) is 18.2 Å². The van der Waals surface area contributed by atoms with Crippen LogP contribution in [-0.2, 0) is 6.54 Å². The molecule has 0 aliphatic rings. The molecule has 0 spiro atoms. The lowest BCUT2D eigenvalue weighted by atomic mass is 10.1. The van der Waals surface area contributed by atoms with Gasteiger partial charge in [-0.1, -0.05) is 13.0 Å². The number of hydrogen-bond acceptors (Lipinski definition) is 2. The van der Waals surface area contributed by atoms with Gasteiger partial charge in [0.15, 0.2) is 0 Å². The smallest absolute Gasteiger partial charge is 0.131 e. The fourth-order valence-electron chi connectivity index (χ4n) is 1.40. The molecule has 0 aromatic heterocycles. The zero-order valence-electron chi connectivity index (χ0n) is 10.5. The predicted molar refractivity (Wildman–Crippen MR) is 69.1 cm³/mol. The van der Waals surface area contributed by atoms with Crippen molar-refractivity contribution in [2.24, 2.45) is 5.92 Å². The molecular formula is C13H19ClFNO. The Morgan fingerprint density at radius 2 is 2.12 bits per heavy atom. The van der Waals surface area contributed by atoms with Crippen molar-refractivity contribution >= 4 is 11.6 Å². The lowest BCUT2D eigenvalue weighted by Gasteiger charge is -2.19. The van der Waals surface area contributed by atoms with E-state index in [4.69, 9.17) is 16.3 Å². The van der Waals surface area contributed by atoms with E-state index < -0.39 is 0 Å². The highest BCUT2D eigenvalue weighted by atomic mass is 35.5. The summed E-state index contributed by atoms with van der Waals surface area (Å²) in [7, 11) is 1.52. The zero-order valence-corrected chi connectivity index (χ0v) is 11.2. The third kappa shape index (κ3) is 4.17.